The molecule has 0 bridgehead atoms. The molecule has 0 fully saturated rings. The van der Waals surface area contributed by atoms with Gasteiger partial charge in [0.15, 0.2) is 5.82 Å². The van der Waals surface area contributed by atoms with Gasteiger partial charge in [0.25, 0.3) is 5.91 Å². The van der Waals surface area contributed by atoms with E-state index in [1.165, 1.54) is 12.4 Å². The third-order valence-corrected chi connectivity index (χ3v) is 2.03. The average molecular weight is 239 g/mol. The normalized spacial score (nSPS) is 11.9. The Hall–Kier alpha value is -1.73. The zero-order valence-electron chi connectivity index (χ0n) is 9.93. The number of carbonyl (C=O) groups is 1. The topological polar surface area (TPSA) is 102 Å². The van der Waals surface area contributed by atoms with Crippen LogP contribution >= 0.6 is 0 Å². The molecule has 0 radical (unpaired) electrons. The van der Waals surface area contributed by atoms with Gasteiger partial charge in [-0.05, 0) is 13.8 Å². The van der Waals surface area contributed by atoms with Gasteiger partial charge in [-0.3, -0.25) is 4.79 Å². The van der Waals surface area contributed by atoms with Crippen molar-refractivity contribution in [2.75, 3.05) is 18.6 Å². The minimum Gasteiger partial charge on any atom is -0.377 e. The summed E-state index contributed by atoms with van der Waals surface area (Å²) >= 11 is 0. The minimum absolute atomic E-state index is 0.0260. The molecule has 4 N–H and O–H groups in total. The van der Waals surface area contributed by atoms with E-state index >= 15 is 0 Å². The van der Waals surface area contributed by atoms with E-state index in [0.29, 0.717) is 19.0 Å². The van der Waals surface area contributed by atoms with Crippen molar-refractivity contribution in [2.24, 2.45) is 5.84 Å². The van der Waals surface area contributed by atoms with E-state index in [1.807, 2.05) is 13.8 Å². The van der Waals surface area contributed by atoms with E-state index in [0.717, 1.165) is 0 Å². The maximum absolute atomic E-state index is 11.6. The first kappa shape index (κ1) is 13.3. The molecule has 7 heteroatoms. The Balaban J connectivity index is 2.46. The number of carbonyl (C=O) groups excluding carboxylic acids is 1. The zero-order valence-corrected chi connectivity index (χ0v) is 9.93. The Bertz CT molecular complexity index is 354. The molecule has 94 valence electrons. The highest BCUT2D eigenvalue weighted by Gasteiger charge is 2.09. The van der Waals surface area contributed by atoms with E-state index in [2.05, 4.69) is 20.7 Å². The largest absolute Gasteiger partial charge is 0.377 e. The first-order valence-electron chi connectivity index (χ1n) is 5.35. The molecule has 0 saturated carbocycles. The van der Waals surface area contributed by atoms with Gasteiger partial charge in [0.1, 0.15) is 5.69 Å². The lowest BCUT2D eigenvalue weighted by molar-refractivity contribution is 0.0693. The highest BCUT2D eigenvalue weighted by molar-refractivity contribution is 5.91. The van der Waals surface area contributed by atoms with Crippen molar-refractivity contribution in [1.82, 2.24) is 15.3 Å². The molecule has 0 aliphatic heterocycles. The fourth-order valence-corrected chi connectivity index (χ4v) is 1.19. The number of nitrogen functional groups attached to an aromatic ring is 1. The molecule has 1 aromatic rings. The fourth-order valence-electron chi connectivity index (χ4n) is 1.19. The van der Waals surface area contributed by atoms with Crippen LogP contribution in [-0.4, -0.2) is 35.1 Å². The Labute approximate surface area is 99.7 Å². The lowest BCUT2D eigenvalue weighted by Crippen LogP contribution is -2.32. The van der Waals surface area contributed by atoms with Crippen LogP contribution < -0.4 is 16.6 Å². The molecule has 17 heavy (non-hydrogen) atoms. The summed E-state index contributed by atoms with van der Waals surface area (Å²) in [6, 6.07) is 0. The third kappa shape index (κ3) is 4.33. The van der Waals surface area contributed by atoms with Crippen molar-refractivity contribution in [1.29, 1.82) is 0 Å². The number of hydrazine groups is 1. The molecule has 1 heterocycles. The summed E-state index contributed by atoms with van der Waals surface area (Å²) in [6.45, 7) is 4.85. The van der Waals surface area contributed by atoms with Crippen LogP contribution in [-0.2, 0) is 4.74 Å². The summed E-state index contributed by atoms with van der Waals surface area (Å²) in [4.78, 5) is 19.4. The molecule has 7 nitrogen and oxygen atoms in total. The van der Waals surface area contributed by atoms with Crippen molar-refractivity contribution in [3.05, 3.63) is 18.1 Å². The van der Waals surface area contributed by atoms with Crippen LogP contribution in [0.25, 0.3) is 0 Å². The highest BCUT2D eigenvalue weighted by Crippen LogP contribution is 1.99. The molecule has 0 spiro atoms. The van der Waals surface area contributed by atoms with E-state index in [1.54, 1.807) is 0 Å². The summed E-state index contributed by atoms with van der Waals surface area (Å²) in [5.41, 5.74) is 2.58. The van der Waals surface area contributed by atoms with Gasteiger partial charge < -0.3 is 15.5 Å². The Kier molecular flexibility index (Phi) is 5.31. The summed E-state index contributed by atoms with van der Waals surface area (Å²) in [5, 5.41) is 2.70. The lowest BCUT2D eigenvalue weighted by Gasteiger charge is -2.12. The molecule has 0 aliphatic carbocycles. The Morgan fingerprint density at radius 2 is 2.29 bits per heavy atom. The van der Waals surface area contributed by atoms with Gasteiger partial charge in [0.2, 0.25) is 0 Å². The van der Waals surface area contributed by atoms with Crippen molar-refractivity contribution in [2.45, 2.75) is 20.0 Å². The number of amides is 1. The quantitative estimate of drug-likeness (QED) is 0.474. The maximum atomic E-state index is 11.6. The second kappa shape index (κ2) is 6.77. The van der Waals surface area contributed by atoms with E-state index in [4.69, 9.17) is 10.6 Å². The molecule has 0 saturated heterocycles. The van der Waals surface area contributed by atoms with Gasteiger partial charge >= 0.3 is 0 Å². The van der Waals surface area contributed by atoms with Crippen molar-refractivity contribution in [3.8, 4) is 0 Å². The van der Waals surface area contributed by atoms with Crippen molar-refractivity contribution >= 4 is 11.7 Å². The number of nitrogens with one attached hydrogen (secondary N) is 2. The molecule has 1 unspecified atom stereocenters. The second-order valence-corrected chi connectivity index (χ2v) is 3.41. The standard InChI is InChI=1S/C10H17N5O2/c1-3-17-7(2)4-14-10(16)8-5-13-9(15-11)6-12-8/h5-7H,3-4,11H2,1-2H3,(H,13,15)(H,14,16). The first-order chi connectivity index (χ1) is 8.17. The number of anilines is 1. The number of ether oxygens (including phenoxy) is 1. The zero-order chi connectivity index (χ0) is 12.7. The van der Waals surface area contributed by atoms with Crippen LogP contribution in [0.2, 0.25) is 0 Å². The van der Waals surface area contributed by atoms with Crippen LogP contribution in [0.1, 0.15) is 24.3 Å². The SMILES string of the molecule is CCOC(C)CNC(=O)c1cnc(NN)cn1. The molecule has 0 aliphatic rings. The predicted molar refractivity (Wildman–Crippen MR) is 63.3 cm³/mol. The van der Waals surface area contributed by atoms with Crippen molar-refractivity contribution in [3.63, 3.8) is 0 Å². The van der Waals surface area contributed by atoms with Crippen LogP contribution in [0.5, 0.6) is 0 Å². The fraction of sp³-hybridized carbons (Fsp3) is 0.500. The van der Waals surface area contributed by atoms with E-state index < -0.39 is 0 Å². The lowest BCUT2D eigenvalue weighted by atomic mass is 10.3. The van der Waals surface area contributed by atoms with Gasteiger partial charge in [-0.15, -0.1) is 0 Å². The molecule has 0 aromatic carbocycles. The molecular weight excluding hydrogens is 222 g/mol. The van der Waals surface area contributed by atoms with Gasteiger partial charge in [-0.2, -0.15) is 0 Å². The van der Waals surface area contributed by atoms with Crippen LogP contribution in [0, 0.1) is 0 Å². The molecule has 1 rings (SSSR count). The number of nitrogens with zero attached hydrogens (tertiary/aromatic N) is 2. The summed E-state index contributed by atoms with van der Waals surface area (Å²) in [5.74, 6) is 5.26. The molecule has 1 aromatic heterocycles. The number of aromatic nitrogens is 2. The predicted octanol–water partition coefficient (Wildman–Crippen LogP) is -0.0830. The van der Waals surface area contributed by atoms with E-state index in [-0.39, 0.29) is 17.7 Å². The maximum Gasteiger partial charge on any atom is 0.271 e. The van der Waals surface area contributed by atoms with Gasteiger partial charge in [-0.25, -0.2) is 15.8 Å². The summed E-state index contributed by atoms with van der Waals surface area (Å²) < 4.78 is 5.29. The number of hydrogen-bond donors (Lipinski definition) is 3. The first-order valence-corrected chi connectivity index (χ1v) is 5.35. The van der Waals surface area contributed by atoms with Gasteiger partial charge in [0.05, 0.1) is 18.5 Å². The monoisotopic (exact) mass is 239 g/mol. The van der Waals surface area contributed by atoms with Crippen molar-refractivity contribution < 1.29 is 9.53 Å². The Morgan fingerprint density at radius 1 is 1.53 bits per heavy atom. The Morgan fingerprint density at radius 3 is 2.82 bits per heavy atom. The highest BCUT2D eigenvalue weighted by atomic mass is 16.5. The summed E-state index contributed by atoms with van der Waals surface area (Å²) in [6.07, 6.45) is 2.72. The number of rotatable bonds is 6. The molecular formula is C10H17N5O2. The van der Waals surface area contributed by atoms with Gasteiger partial charge in [-0.1, -0.05) is 0 Å². The van der Waals surface area contributed by atoms with Crippen LogP contribution in [0.4, 0.5) is 5.82 Å². The van der Waals surface area contributed by atoms with Gasteiger partial charge in [0, 0.05) is 13.2 Å². The van der Waals surface area contributed by atoms with E-state index in [9.17, 15) is 4.79 Å². The summed E-state index contributed by atoms with van der Waals surface area (Å²) in [7, 11) is 0. The minimum atomic E-state index is -0.285. The van der Waals surface area contributed by atoms with Crippen LogP contribution in [0.3, 0.4) is 0 Å². The molecule has 1 atom stereocenters. The average Bonchev–Trinajstić information content (AvgIpc) is 2.36. The smallest absolute Gasteiger partial charge is 0.271 e. The second-order valence-electron chi connectivity index (χ2n) is 3.41. The van der Waals surface area contributed by atoms with Crippen LogP contribution in [0.15, 0.2) is 12.4 Å². The third-order valence-electron chi connectivity index (χ3n) is 2.03. The number of nitrogens with two attached hydrogens (primary N) is 1. The molecule has 1 amide bonds. The number of hydrogen-bond acceptors (Lipinski definition) is 6.